The van der Waals surface area contributed by atoms with E-state index in [-0.39, 0.29) is 11.9 Å². The largest absolute Gasteiger partial charge is 0.497 e. The molecular formula is C20H27N3O3. The third-order valence-corrected chi connectivity index (χ3v) is 4.88. The van der Waals surface area contributed by atoms with Crippen LogP contribution in [0.15, 0.2) is 47.1 Å². The number of amides is 1. The predicted octanol–water partition coefficient (Wildman–Crippen LogP) is 2.68. The molecule has 1 aliphatic rings. The summed E-state index contributed by atoms with van der Waals surface area (Å²) in [4.78, 5) is 16.4. The van der Waals surface area contributed by atoms with Gasteiger partial charge in [0, 0.05) is 44.8 Å². The Morgan fingerprint density at radius 1 is 1.19 bits per heavy atom. The number of nitrogens with zero attached hydrogens (tertiary/aromatic N) is 2. The minimum atomic E-state index is 0.0680. The van der Waals surface area contributed by atoms with E-state index in [0.717, 1.165) is 37.7 Å². The van der Waals surface area contributed by atoms with Gasteiger partial charge >= 0.3 is 0 Å². The van der Waals surface area contributed by atoms with Crippen LogP contribution >= 0.6 is 0 Å². The van der Waals surface area contributed by atoms with Crippen molar-refractivity contribution in [1.29, 1.82) is 0 Å². The van der Waals surface area contributed by atoms with Crippen molar-refractivity contribution >= 4 is 11.6 Å². The fourth-order valence-corrected chi connectivity index (χ4v) is 3.31. The molecule has 0 saturated carbocycles. The number of furan rings is 1. The van der Waals surface area contributed by atoms with E-state index in [1.807, 2.05) is 31.2 Å². The van der Waals surface area contributed by atoms with E-state index in [9.17, 15) is 4.79 Å². The molecule has 2 heterocycles. The molecule has 0 unspecified atom stereocenters. The summed E-state index contributed by atoms with van der Waals surface area (Å²) in [5.74, 6) is 1.84. The number of nitrogens with one attached hydrogen (secondary N) is 1. The first kappa shape index (κ1) is 18.3. The maximum Gasteiger partial charge on any atom is 0.219 e. The predicted molar refractivity (Wildman–Crippen MR) is 102 cm³/mol. The molecule has 1 amide bonds. The summed E-state index contributed by atoms with van der Waals surface area (Å²) in [5.41, 5.74) is 1.21. The molecule has 0 spiro atoms. The van der Waals surface area contributed by atoms with Gasteiger partial charge in [0.25, 0.3) is 0 Å². The second-order valence-electron chi connectivity index (χ2n) is 6.41. The molecule has 140 valence electrons. The van der Waals surface area contributed by atoms with Crippen LogP contribution < -0.4 is 15.0 Å². The molecule has 26 heavy (non-hydrogen) atoms. The number of piperazine rings is 1. The van der Waals surface area contributed by atoms with Gasteiger partial charge in [-0.1, -0.05) is 6.92 Å². The zero-order valence-electron chi connectivity index (χ0n) is 15.5. The number of hydrogen-bond donors (Lipinski definition) is 1. The second-order valence-corrected chi connectivity index (χ2v) is 6.41. The zero-order chi connectivity index (χ0) is 18.4. The SMILES string of the molecule is CCC(=O)NC[C@H](c1ccco1)N1CCN(c2ccc(OC)cc2)CC1. The lowest BCUT2D eigenvalue weighted by molar-refractivity contribution is -0.121. The summed E-state index contributed by atoms with van der Waals surface area (Å²) >= 11 is 0. The molecule has 6 nitrogen and oxygen atoms in total. The van der Waals surface area contributed by atoms with Gasteiger partial charge in [-0.3, -0.25) is 9.69 Å². The van der Waals surface area contributed by atoms with E-state index in [1.165, 1.54) is 5.69 Å². The molecule has 3 rings (SSSR count). The van der Waals surface area contributed by atoms with E-state index in [4.69, 9.17) is 9.15 Å². The van der Waals surface area contributed by atoms with Crippen molar-refractivity contribution in [2.24, 2.45) is 0 Å². The summed E-state index contributed by atoms with van der Waals surface area (Å²) in [6.45, 7) is 6.14. The maximum atomic E-state index is 11.7. The second kappa shape index (κ2) is 8.76. The van der Waals surface area contributed by atoms with Gasteiger partial charge in [0.1, 0.15) is 11.5 Å². The number of rotatable bonds is 7. The van der Waals surface area contributed by atoms with Gasteiger partial charge in [-0.05, 0) is 36.4 Å². The molecule has 6 heteroatoms. The summed E-state index contributed by atoms with van der Waals surface area (Å²) < 4.78 is 10.9. The number of hydrogen-bond acceptors (Lipinski definition) is 5. The molecule has 1 aromatic carbocycles. The molecule has 0 bridgehead atoms. The van der Waals surface area contributed by atoms with E-state index >= 15 is 0 Å². The molecule has 2 aromatic rings. The Bertz CT molecular complexity index is 677. The first-order valence-corrected chi connectivity index (χ1v) is 9.14. The van der Waals surface area contributed by atoms with Crippen molar-refractivity contribution in [1.82, 2.24) is 10.2 Å². The highest BCUT2D eigenvalue weighted by Gasteiger charge is 2.27. The molecular weight excluding hydrogens is 330 g/mol. The molecule has 1 aromatic heterocycles. The Kier molecular flexibility index (Phi) is 6.17. The van der Waals surface area contributed by atoms with Crippen LogP contribution in [0.4, 0.5) is 5.69 Å². The molecule has 1 aliphatic heterocycles. The van der Waals surface area contributed by atoms with E-state index in [2.05, 4.69) is 27.2 Å². The van der Waals surface area contributed by atoms with Gasteiger partial charge in [-0.2, -0.15) is 0 Å². The zero-order valence-corrected chi connectivity index (χ0v) is 15.5. The number of ether oxygens (including phenoxy) is 1. The fourth-order valence-electron chi connectivity index (χ4n) is 3.31. The lowest BCUT2D eigenvalue weighted by Gasteiger charge is -2.39. The standard InChI is InChI=1S/C20H27N3O3/c1-3-20(24)21-15-18(19-5-4-14-26-19)23-12-10-22(11-13-23)16-6-8-17(25-2)9-7-16/h4-9,14,18H,3,10-13,15H2,1-2H3,(H,21,24)/t18-/m1/s1. The van der Waals surface area contributed by atoms with Crippen LogP contribution in [0.1, 0.15) is 25.1 Å². The van der Waals surface area contributed by atoms with Crippen LogP contribution in [-0.2, 0) is 4.79 Å². The highest BCUT2D eigenvalue weighted by atomic mass is 16.5. The first-order valence-electron chi connectivity index (χ1n) is 9.14. The molecule has 1 atom stereocenters. The average Bonchev–Trinajstić information content (AvgIpc) is 3.23. The van der Waals surface area contributed by atoms with E-state index in [1.54, 1.807) is 13.4 Å². The molecule has 0 radical (unpaired) electrons. The average molecular weight is 357 g/mol. The van der Waals surface area contributed by atoms with Crippen LogP contribution in [0.3, 0.4) is 0 Å². The topological polar surface area (TPSA) is 58.0 Å². The van der Waals surface area contributed by atoms with Gasteiger partial charge in [-0.25, -0.2) is 0 Å². The summed E-state index contributed by atoms with van der Waals surface area (Å²) in [6.07, 6.45) is 2.19. The summed E-state index contributed by atoms with van der Waals surface area (Å²) in [6, 6.07) is 12.1. The van der Waals surface area contributed by atoms with Crippen molar-refractivity contribution in [3.8, 4) is 5.75 Å². The van der Waals surface area contributed by atoms with Crippen LogP contribution in [0, 0.1) is 0 Å². The number of anilines is 1. The van der Waals surface area contributed by atoms with Gasteiger partial charge in [-0.15, -0.1) is 0 Å². The Labute approximate surface area is 154 Å². The van der Waals surface area contributed by atoms with Crippen LogP contribution in [0.25, 0.3) is 0 Å². The monoisotopic (exact) mass is 357 g/mol. The van der Waals surface area contributed by atoms with Crippen molar-refractivity contribution in [2.45, 2.75) is 19.4 Å². The molecule has 1 saturated heterocycles. The molecule has 1 fully saturated rings. The molecule has 1 N–H and O–H groups in total. The smallest absolute Gasteiger partial charge is 0.219 e. The van der Waals surface area contributed by atoms with Crippen molar-refractivity contribution in [2.75, 3.05) is 44.7 Å². The quantitative estimate of drug-likeness (QED) is 0.826. The number of benzene rings is 1. The van der Waals surface area contributed by atoms with Crippen molar-refractivity contribution < 1.29 is 13.9 Å². The van der Waals surface area contributed by atoms with Crippen LogP contribution in [0.2, 0.25) is 0 Å². The van der Waals surface area contributed by atoms with Crippen molar-refractivity contribution in [3.05, 3.63) is 48.4 Å². The third kappa shape index (κ3) is 4.38. The lowest BCUT2D eigenvalue weighted by Crippen LogP contribution is -2.49. The van der Waals surface area contributed by atoms with E-state index in [0.29, 0.717) is 13.0 Å². The Hall–Kier alpha value is -2.47. The highest BCUT2D eigenvalue weighted by molar-refractivity contribution is 5.75. The first-order chi connectivity index (χ1) is 12.7. The Morgan fingerprint density at radius 2 is 1.92 bits per heavy atom. The van der Waals surface area contributed by atoms with Gasteiger partial charge in [0.2, 0.25) is 5.91 Å². The number of carbonyl (C=O) groups excluding carboxylic acids is 1. The Balaban J connectivity index is 1.62. The van der Waals surface area contributed by atoms with Crippen molar-refractivity contribution in [3.63, 3.8) is 0 Å². The molecule has 0 aliphatic carbocycles. The van der Waals surface area contributed by atoms with Gasteiger partial charge in [0.15, 0.2) is 0 Å². The third-order valence-electron chi connectivity index (χ3n) is 4.88. The summed E-state index contributed by atoms with van der Waals surface area (Å²) in [7, 11) is 1.68. The summed E-state index contributed by atoms with van der Waals surface area (Å²) in [5, 5.41) is 3.01. The Morgan fingerprint density at radius 3 is 2.50 bits per heavy atom. The number of carbonyl (C=O) groups is 1. The minimum Gasteiger partial charge on any atom is -0.497 e. The van der Waals surface area contributed by atoms with Crippen LogP contribution in [0.5, 0.6) is 5.75 Å². The number of methoxy groups -OCH3 is 1. The van der Waals surface area contributed by atoms with E-state index < -0.39 is 0 Å². The van der Waals surface area contributed by atoms with Crippen LogP contribution in [-0.4, -0.2) is 50.6 Å². The fraction of sp³-hybridized carbons (Fsp3) is 0.450. The van der Waals surface area contributed by atoms with Gasteiger partial charge in [0.05, 0.1) is 19.4 Å². The maximum absolute atomic E-state index is 11.7. The van der Waals surface area contributed by atoms with Gasteiger partial charge < -0.3 is 19.4 Å². The normalized spacial score (nSPS) is 16.3. The minimum absolute atomic E-state index is 0.0680. The lowest BCUT2D eigenvalue weighted by atomic mass is 10.1. The highest BCUT2D eigenvalue weighted by Crippen LogP contribution is 2.25.